The van der Waals surface area contributed by atoms with Crippen molar-refractivity contribution in [1.29, 1.82) is 0 Å². The molecule has 1 N–H and O–H groups in total. The van der Waals surface area contributed by atoms with E-state index < -0.39 is 15.8 Å². The molecule has 1 heterocycles. The Kier molecular flexibility index (Phi) is 3.50. The number of nitrogens with one attached hydrogen (secondary N) is 1. The second-order valence-electron chi connectivity index (χ2n) is 4.57. The molecule has 0 spiro atoms. The van der Waals surface area contributed by atoms with Crippen LogP contribution in [0.15, 0.2) is 39.9 Å². The van der Waals surface area contributed by atoms with Gasteiger partial charge < -0.3 is 0 Å². The number of sulfonamides is 1. The molecule has 9 heteroatoms. The van der Waals surface area contributed by atoms with Gasteiger partial charge in [0, 0.05) is 0 Å². The first-order valence-electron chi connectivity index (χ1n) is 6.08. The zero-order valence-electron chi connectivity index (χ0n) is 11.2. The molecular weight excluding hydrogens is 333 g/mol. The van der Waals surface area contributed by atoms with Crippen molar-refractivity contribution in [3.8, 4) is 0 Å². The van der Waals surface area contributed by atoms with Gasteiger partial charge in [0.2, 0.25) is 0 Å². The fraction of sp³-hybridized carbons (Fsp3) is 0.0769. The minimum atomic E-state index is -4.00. The van der Waals surface area contributed by atoms with Crippen molar-refractivity contribution < 1.29 is 17.4 Å². The van der Waals surface area contributed by atoms with E-state index >= 15 is 0 Å². The second kappa shape index (κ2) is 5.22. The minimum absolute atomic E-state index is 0.00839. The summed E-state index contributed by atoms with van der Waals surface area (Å²) in [5.74, 6) is -0.548. The Morgan fingerprint density at radius 1 is 1.18 bits per heavy atom. The van der Waals surface area contributed by atoms with Gasteiger partial charge in [-0.05, 0) is 47.1 Å². The van der Waals surface area contributed by atoms with E-state index in [1.165, 1.54) is 24.3 Å². The van der Waals surface area contributed by atoms with Gasteiger partial charge in [0.1, 0.15) is 10.7 Å². The lowest BCUT2D eigenvalue weighted by atomic mass is 10.2. The third-order valence-electron chi connectivity index (χ3n) is 3.06. The van der Waals surface area contributed by atoms with Crippen molar-refractivity contribution >= 4 is 38.3 Å². The van der Waals surface area contributed by atoms with E-state index in [9.17, 15) is 12.8 Å². The average Bonchev–Trinajstić information content (AvgIpc) is 2.93. The quantitative estimate of drug-likeness (QED) is 0.791. The highest BCUT2D eigenvalue weighted by Crippen LogP contribution is 2.28. The van der Waals surface area contributed by atoms with E-state index in [4.69, 9.17) is 11.6 Å². The highest BCUT2D eigenvalue weighted by atomic mass is 35.5. The predicted molar refractivity (Wildman–Crippen MR) is 78.8 cm³/mol. The van der Waals surface area contributed by atoms with Crippen molar-refractivity contribution in [2.24, 2.45) is 0 Å². The van der Waals surface area contributed by atoms with E-state index in [-0.39, 0.29) is 26.6 Å². The molecule has 3 aromatic rings. The Morgan fingerprint density at radius 2 is 1.91 bits per heavy atom. The van der Waals surface area contributed by atoms with Crippen LogP contribution in [0.5, 0.6) is 0 Å². The number of fused-ring (bicyclic) bond motifs is 1. The molecular formula is C13H9ClFN3O3S. The maximum Gasteiger partial charge on any atom is 0.264 e. The number of aromatic nitrogens is 2. The van der Waals surface area contributed by atoms with Crippen molar-refractivity contribution in [2.45, 2.75) is 11.8 Å². The van der Waals surface area contributed by atoms with Crippen LogP contribution in [-0.2, 0) is 10.0 Å². The molecule has 0 aliphatic carbocycles. The summed E-state index contributed by atoms with van der Waals surface area (Å²) in [6.45, 7) is 1.66. The smallest absolute Gasteiger partial charge is 0.264 e. The average molecular weight is 342 g/mol. The number of nitrogens with zero attached hydrogens (tertiary/aromatic N) is 2. The van der Waals surface area contributed by atoms with Crippen LogP contribution in [0.25, 0.3) is 11.0 Å². The lowest BCUT2D eigenvalue weighted by molar-refractivity contribution is 0.315. The second-order valence-corrected chi connectivity index (χ2v) is 6.63. The molecule has 22 heavy (non-hydrogen) atoms. The van der Waals surface area contributed by atoms with Gasteiger partial charge in [-0.3, -0.25) is 4.72 Å². The summed E-state index contributed by atoms with van der Waals surface area (Å²) in [6, 6.07) is 6.48. The first-order valence-corrected chi connectivity index (χ1v) is 7.94. The molecule has 0 saturated heterocycles. The van der Waals surface area contributed by atoms with Crippen molar-refractivity contribution in [3.05, 3.63) is 46.7 Å². The SMILES string of the molecule is Cc1ccc(F)cc1NS(=O)(=O)c1ccc(Cl)c2nonc12. The van der Waals surface area contributed by atoms with Gasteiger partial charge >= 0.3 is 0 Å². The molecule has 0 amide bonds. The molecule has 0 atom stereocenters. The summed E-state index contributed by atoms with van der Waals surface area (Å²) in [7, 11) is -4.00. The lowest BCUT2D eigenvalue weighted by Gasteiger charge is -2.10. The Hall–Kier alpha value is -2.19. The zero-order valence-corrected chi connectivity index (χ0v) is 12.7. The summed E-state index contributed by atoms with van der Waals surface area (Å²) < 4.78 is 45.2. The molecule has 3 rings (SSSR count). The Labute approximate surface area is 129 Å². The number of hydrogen-bond acceptors (Lipinski definition) is 5. The number of hydrogen-bond donors (Lipinski definition) is 1. The van der Waals surface area contributed by atoms with Crippen molar-refractivity contribution in [2.75, 3.05) is 4.72 Å². The number of halogens is 2. The molecule has 0 aliphatic heterocycles. The molecule has 0 saturated carbocycles. The fourth-order valence-electron chi connectivity index (χ4n) is 1.93. The third-order valence-corrected chi connectivity index (χ3v) is 4.76. The van der Waals surface area contributed by atoms with Crippen molar-refractivity contribution in [1.82, 2.24) is 10.3 Å². The molecule has 0 bridgehead atoms. The molecule has 6 nitrogen and oxygen atoms in total. The van der Waals surface area contributed by atoms with Gasteiger partial charge in [0.25, 0.3) is 10.0 Å². The Balaban J connectivity index is 2.11. The zero-order chi connectivity index (χ0) is 15.9. The Bertz CT molecular complexity index is 972. The van der Waals surface area contributed by atoms with Gasteiger partial charge in [-0.25, -0.2) is 17.4 Å². The largest absolute Gasteiger partial charge is 0.279 e. The summed E-state index contributed by atoms with van der Waals surface area (Å²) in [5.41, 5.74) is 0.863. The number of rotatable bonds is 3. The first-order chi connectivity index (χ1) is 10.4. The standard InChI is InChI=1S/C13H9ClFN3O3S/c1-7-2-3-8(15)6-10(7)18-22(19,20)11-5-4-9(14)12-13(11)17-21-16-12/h2-6,18H,1H3. The molecule has 0 fully saturated rings. The third kappa shape index (κ3) is 2.51. The maximum atomic E-state index is 13.3. The first kappa shape index (κ1) is 14.7. The van der Waals surface area contributed by atoms with Gasteiger partial charge in [-0.1, -0.05) is 17.7 Å². The van der Waals surface area contributed by atoms with Gasteiger partial charge in [-0.15, -0.1) is 0 Å². The van der Waals surface area contributed by atoms with Crippen LogP contribution in [0.1, 0.15) is 5.56 Å². The predicted octanol–water partition coefficient (Wildman–Crippen LogP) is 3.12. The lowest BCUT2D eigenvalue weighted by Crippen LogP contribution is -2.14. The van der Waals surface area contributed by atoms with Crippen LogP contribution in [0, 0.1) is 12.7 Å². The van der Waals surface area contributed by atoms with E-state index in [1.54, 1.807) is 6.92 Å². The molecule has 2 aromatic carbocycles. The molecule has 0 radical (unpaired) electrons. The summed E-state index contributed by atoms with van der Waals surface area (Å²) in [5, 5.41) is 7.34. The monoisotopic (exact) mass is 341 g/mol. The molecule has 0 unspecified atom stereocenters. The van der Waals surface area contributed by atoms with Crippen molar-refractivity contribution in [3.63, 3.8) is 0 Å². The Morgan fingerprint density at radius 3 is 2.68 bits per heavy atom. The van der Waals surface area contributed by atoms with Gasteiger partial charge in [0.05, 0.1) is 10.7 Å². The van der Waals surface area contributed by atoms with Crippen LogP contribution in [0.3, 0.4) is 0 Å². The van der Waals surface area contributed by atoms with E-state index in [0.29, 0.717) is 5.56 Å². The van der Waals surface area contributed by atoms with Crippen LogP contribution in [0.4, 0.5) is 10.1 Å². The van der Waals surface area contributed by atoms with E-state index in [0.717, 1.165) is 6.07 Å². The fourth-order valence-corrected chi connectivity index (χ4v) is 3.38. The summed E-state index contributed by atoms with van der Waals surface area (Å²) in [4.78, 5) is -0.156. The summed E-state index contributed by atoms with van der Waals surface area (Å²) >= 11 is 5.90. The highest BCUT2D eigenvalue weighted by molar-refractivity contribution is 7.93. The van der Waals surface area contributed by atoms with E-state index in [2.05, 4.69) is 19.7 Å². The number of aryl methyl sites for hydroxylation is 1. The van der Waals surface area contributed by atoms with E-state index in [1.807, 2.05) is 0 Å². The number of benzene rings is 2. The molecule has 0 aliphatic rings. The normalized spacial score (nSPS) is 11.8. The molecule has 114 valence electrons. The molecule has 1 aromatic heterocycles. The van der Waals surface area contributed by atoms with Crippen LogP contribution in [0.2, 0.25) is 5.02 Å². The minimum Gasteiger partial charge on any atom is -0.279 e. The topological polar surface area (TPSA) is 85.1 Å². The maximum absolute atomic E-state index is 13.3. The van der Waals surface area contributed by atoms with Gasteiger partial charge in [0.15, 0.2) is 11.0 Å². The summed E-state index contributed by atoms with van der Waals surface area (Å²) in [6.07, 6.45) is 0. The highest BCUT2D eigenvalue weighted by Gasteiger charge is 2.22. The van der Waals surface area contributed by atoms with Crippen LogP contribution < -0.4 is 4.72 Å². The van der Waals surface area contributed by atoms with Crippen LogP contribution in [-0.4, -0.2) is 18.7 Å². The number of anilines is 1. The van der Waals surface area contributed by atoms with Gasteiger partial charge in [-0.2, -0.15) is 0 Å². The van der Waals surface area contributed by atoms with Crippen LogP contribution >= 0.6 is 11.6 Å².